The zero-order chi connectivity index (χ0) is 9.10. The van der Waals surface area contributed by atoms with Gasteiger partial charge < -0.3 is 4.52 Å². The van der Waals surface area contributed by atoms with E-state index < -0.39 is 0 Å². The Balaban J connectivity index is 1.89. The van der Waals surface area contributed by atoms with Crippen molar-refractivity contribution in [2.24, 2.45) is 5.92 Å². The van der Waals surface area contributed by atoms with Crippen LogP contribution in [0.1, 0.15) is 38.0 Å². The molecule has 0 aliphatic heterocycles. The van der Waals surface area contributed by atoms with Crippen LogP contribution in [0.2, 0.25) is 0 Å². The van der Waals surface area contributed by atoms with E-state index in [0.717, 1.165) is 22.1 Å². The minimum Gasteiger partial charge on any atom is -0.339 e. The normalized spacial score (nSPS) is 19.2. The second kappa shape index (κ2) is 4.39. The molecule has 13 heavy (non-hydrogen) atoms. The van der Waals surface area contributed by atoms with Crippen LogP contribution in [0.3, 0.4) is 0 Å². The van der Waals surface area contributed by atoms with E-state index in [0.29, 0.717) is 0 Å². The van der Waals surface area contributed by atoms with Crippen LogP contribution < -0.4 is 0 Å². The fraction of sp³-hybridized carbons (Fsp3) is 0.778. The maximum atomic E-state index is 5.10. The molecule has 1 aliphatic rings. The van der Waals surface area contributed by atoms with Gasteiger partial charge in [-0.3, -0.25) is 0 Å². The Morgan fingerprint density at radius 3 is 2.69 bits per heavy atom. The topological polar surface area (TPSA) is 38.9 Å². The molecule has 0 spiro atoms. The summed E-state index contributed by atoms with van der Waals surface area (Å²) in [5.41, 5.74) is 0. The zero-order valence-electron chi connectivity index (χ0n) is 7.50. The highest BCUT2D eigenvalue weighted by atomic mass is 127. The van der Waals surface area contributed by atoms with Crippen LogP contribution in [0.15, 0.2) is 4.52 Å². The summed E-state index contributed by atoms with van der Waals surface area (Å²) in [7, 11) is 0. The van der Waals surface area contributed by atoms with Crippen LogP contribution >= 0.6 is 22.6 Å². The van der Waals surface area contributed by atoms with E-state index in [9.17, 15) is 0 Å². The zero-order valence-corrected chi connectivity index (χ0v) is 9.66. The number of hydrogen-bond acceptors (Lipinski definition) is 3. The summed E-state index contributed by atoms with van der Waals surface area (Å²) in [6.07, 6.45) is 7.79. The van der Waals surface area contributed by atoms with Crippen LogP contribution in [-0.2, 0) is 6.42 Å². The fourth-order valence-electron chi connectivity index (χ4n) is 1.96. The van der Waals surface area contributed by atoms with Crippen molar-refractivity contribution in [2.45, 2.75) is 38.5 Å². The molecule has 0 bridgehead atoms. The van der Waals surface area contributed by atoms with E-state index in [2.05, 4.69) is 32.7 Å². The monoisotopic (exact) mass is 292 g/mol. The minimum absolute atomic E-state index is 0.725. The van der Waals surface area contributed by atoms with Crippen LogP contribution in [-0.4, -0.2) is 10.1 Å². The SMILES string of the molecule is Ic1noc(CC2CCCCC2)n1. The quantitative estimate of drug-likeness (QED) is 0.787. The van der Waals surface area contributed by atoms with Crippen molar-refractivity contribution in [3.63, 3.8) is 0 Å². The van der Waals surface area contributed by atoms with Gasteiger partial charge >= 0.3 is 0 Å². The van der Waals surface area contributed by atoms with Gasteiger partial charge in [-0.05, 0) is 18.8 Å². The van der Waals surface area contributed by atoms with Crippen LogP contribution in [0.5, 0.6) is 0 Å². The number of hydrogen-bond donors (Lipinski definition) is 0. The van der Waals surface area contributed by atoms with Crippen LogP contribution in [0.25, 0.3) is 0 Å². The van der Waals surface area contributed by atoms with Crippen molar-refractivity contribution < 1.29 is 4.52 Å². The molecule has 1 aliphatic carbocycles. The smallest absolute Gasteiger partial charge is 0.232 e. The van der Waals surface area contributed by atoms with Crippen molar-refractivity contribution in [3.8, 4) is 0 Å². The lowest BCUT2D eigenvalue weighted by atomic mass is 9.87. The number of rotatable bonds is 2. The second-order valence-electron chi connectivity index (χ2n) is 3.67. The summed E-state index contributed by atoms with van der Waals surface area (Å²) in [6.45, 7) is 0. The molecule has 2 rings (SSSR count). The molecule has 0 N–H and O–H groups in total. The Kier molecular flexibility index (Phi) is 3.18. The van der Waals surface area contributed by atoms with E-state index in [1.807, 2.05) is 0 Å². The highest BCUT2D eigenvalue weighted by Gasteiger charge is 2.16. The van der Waals surface area contributed by atoms with E-state index in [1.54, 1.807) is 0 Å². The van der Waals surface area contributed by atoms with Gasteiger partial charge in [0, 0.05) is 29.0 Å². The van der Waals surface area contributed by atoms with Gasteiger partial charge in [-0.1, -0.05) is 24.4 Å². The third kappa shape index (κ3) is 2.65. The van der Waals surface area contributed by atoms with Gasteiger partial charge in [0.15, 0.2) is 0 Å². The Labute approximate surface area is 91.4 Å². The predicted octanol–water partition coefficient (Wildman–Crippen LogP) is 2.80. The molecular formula is C9H13IN2O. The maximum Gasteiger partial charge on any atom is 0.232 e. The lowest BCUT2D eigenvalue weighted by Gasteiger charge is -2.19. The molecule has 1 fully saturated rings. The molecule has 3 nitrogen and oxygen atoms in total. The standard InChI is InChI=1S/C9H13IN2O/c10-9-11-8(13-12-9)6-7-4-2-1-3-5-7/h7H,1-6H2. The summed E-state index contributed by atoms with van der Waals surface area (Å²) in [5, 5.41) is 3.78. The first-order valence-electron chi connectivity index (χ1n) is 4.82. The summed E-state index contributed by atoms with van der Waals surface area (Å²) in [6, 6.07) is 0. The highest BCUT2D eigenvalue weighted by molar-refractivity contribution is 14.1. The Hall–Kier alpha value is -0.130. The molecule has 0 amide bonds. The van der Waals surface area contributed by atoms with E-state index in [1.165, 1.54) is 32.1 Å². The van der Waals surface area contributed by atoms with Crippen LogP contribution in [0.4, 0.5) is 0 Å². The third-order valence-electron chi connectivity index (χ3n) is 2.63. The molecule has 0 aromatic carbocycles. The van der Waals surface area contributed by atoms with Gasteiger partial charge in [0.25, 0.3) is 0 Å². The van der Waals surface area contributed by atoms with Gasteiger partial charge in [0.2, 0.25) is 9.72 Å². The molecule has 0 radical (unpaired) electrons. The molecule has 4 heteroatoms. The van der Waals surface area contributed by atoms with Crippen molar-refractivity contribution in [1.29, 1.82) is 0 Å². The lowest BCUT2D eigenvalue weighted by Crippen LogP contribution is -2.09. The van der Waals surface area contributed by atoms with Gasteiger partial charge in [-0.2, -0.15) is 4.98 Å². The highest BCUT2D eigenvalue weighted by Crippen LogP contribution is 2.26. The van der Waals surface area contributed by atoms with E-state index in [4.69, 9.17) is 4.52 Å². The van der Waals surface area contributed by atoms with Crippen molar-refractivity contribution in [3.05, 3.63) is 9.72 Å². The first-order chi connectivity index (χ1) is 6.34. The van der Waals surface area contributed by atoms with Crippen molar-refractivity contribution in [1.82, 2.24) is 10.1 Å². The summed E-state index contributed by atoms with van der Waals surface area (Å²) in [5.74, 6) is 1.60. The molecular weight excluding hydrogens is 279 g/mol. The molecule has 1 saturated carbocycles. The van der Waals surface area contributed by atoms with E-state index >= 15 is 0 Å². The number of aromatic nitrogens is 2. The summed E-state index contributed by atoms with van der Waals surface area (Å²) in [4.78, 5) is 4.21. The Bertz CT molecular complexity index is 268. The van der Waals surface area contributed by atoms with Gasteiger partial charge in [-0.25, -0.2) is 0 Å². The molecule has 0 atom stereocenters. The fourth-order valence-corrected chi connectivity index (χ4v) is 2.32. The third-order valence-corrected chi connectivity index (χ3v) is 3.07. The van der Waals surface area contributed by atoms with Gasteiger partial charge in [-0.15, -0.1) is 0 Å². The number of nitrogens with zero attached hydrogens (tertiary/aromatic N) is 2. The first kappa shape index (κ1) is 9.43. The Morgan fingerprint density at radius 1 is 1.31 bits per heavy atom. The molecule has 72 valence electrons. The second-order valence-corrected chi connectivity index (χ2v) is 4.63. The largest absolute Gasteiger partial charge is 0.339 e. The summed E-state index contributed by atoms with van der Waals surface area (Å²) < 4.78 is 5.82. The maximum absolute atomic E-state index is 5.10. The Morgan fingerprint density at radius 2 is 2.08 bits per heavy atom. The van der Waals surface area contributed by atoms with Crippen LogP contribution in [0, 0.1) is 9.75 Å². The summed E-state index contributed by atoms with van der Waals surface area (Å²) >= 11 is 2.08. The van der Waals surface area contributed by atoms with E-state index in [-0.39, 0.29) is 0 Å². The first-order valence-corrected chi connectivity index (χ1v) is 5.90. The minimum atomic E-state index is 0.725. The van der Waals surface area contributed by atoms with Gasteiger partial charge in [0.05, 0.1) is 0 Å². The molecule has 1 aromatic rings. The van der Waals surface area contributed by atoms with Crippen molar-refractivity contribution in [2.75, 3.05) is 0 Å². The average molecular weight is 292 g/mol. The molecule has 0 unspecified atom stereocenters. The number of halogens is 1. The molecule has 0 saturated heterocycles. The van der Waals surface area contributed by atoms with Crippen molar-refractivity contribution >= 4 is 22.6 Å². The average Bonchev–Trinajstić information content (AvgIpc) is 2.53. The van der Waals surface area contributed by atoms with Gasteiger partial charge in [0.1, 0.15) is 0 Å². The molecule has 1 heterocycles. The lowest BCUT2D eigenvalue weighted by molar-refractivity contribution is 0.304. The molecule has 1 aromatic heterocycles. The predicted molar refractivity (Wildman–Crippen MR) is 57.3 cm³/mol.